The van der Waals surface area contributed by atoms with Crippen LogP contribution in [0.3, 0.4) is 0 Å². The number of anilines is 1. The van der Waals surface area contributed by atoms with Crippen LogP contribution in [0.25, 0.3) is 21.8 Å². The third-order valence-electron chi connectivity index (χ3n) is 4.49. The Kier molecular flexibility index (Phi) is 4.12. The topological polar surface area (TPSA) is 72.9 Å². The first-order valence-electron chi connectivity index (χ1n) is 8.21. The van der Waals surface area contributed by atoms with Crippen molar-refractivity contribution >= 4 is 49.3 Å². The number of carbonyl (C=O) groups is 1. The Morgan fingerprint density at radius 3 is 2.58 bits per heavy atom. The number of fused-ring (bicyclic) bond motifs is 3. The summed E-state index contributed by atoms with van der Waals surface area (Å²) in [5.74, 6) is -0.204. The molecule has 2 aromatic heterocycles. The quantitative estimate of drug-likeness (QED) is 0.504. The molecule has 0 atom stereocenters. The average Bonchev–Trinajstić information content (AvgIpc) is 2.95. The zero-order valence-corrected chi connectivity index (χ0v) is 15.7. The van der Waals surface area contributed by atoms with Gasteiger partial charge in [-0.15, -0.1) is 0 Å². The SMILES string of the molecule is CNC(=O)c1cc2c3cc(N)ccc3n(Cc3ccc(Br)cc3)c2cn1. The molecule has 2 aromatic carbocycles. The van der Waals surface area contributed by atoms with Crippen LogP contribution in [0, 0.1) is 0 Å². The van der Waals surface area contributed by atoms with Gasteiger partial charge in [-0.25, -0.2) is 4.98 Å². The Labute approximate surface area is 159 Å². The normalized spacial score (nSPS) is 11.2. The van der Waals surface area contributed by atoms with Gasteiger partial charge in [-0.1, -0.05) is 28.1 Å². The van der Waals surface area contributed by atoms with Crippen LogP contribution in [0.15, 0.2) is 59.2 Å². The number of nitrogens with zero attached hydrogens (tertiary/aromatic N) is 2. The monoisotopic (exact) mass is 408 g/mol. The summed E-state index contributed by atoms with van der Waals surface area (Å²) in [4.78, 5) is 16.3. The second kappa shape index (κ2) is 6.46. The number of nitrogen functional groups attached to an aromatic ring is 1. The molecule has 0 radical (unpaired) electrons. The van der Waals surface area contributed by atoms with Crippen molar-refractivity contribution in [3.05, 3.63) is 70.5 Å². The highest BCUT2D eigenvalue weighted by atomic mass is 79.9. The van der Waals surface area contributed by atoms with E-state index in [2.05, 4.69) is 42.9 Å². The van der Waals surface area contributed by atoms with E-state index in [9.17, 15) is 4.79 Å². The molecule has 4 rings (SSSR count). The molecule has 6 heteroatoms. The van der Waals surface area contributed by atoms with E-state index in [1.807, 2.05) is 36.4 Å². The molecule has 0 bridgehead atoms. The van der Waals surface area contributed by atoms with E-state index in [1.165, 1.54) is 5.56 Å². The van der Waals surface area contributed by atoms with Gasteiger partial charge in [-0.2, -0.15) is 0 Å². The highest BCUT2D eigenvalue weighted by Crippen LogP contribution is 2.31. The van der Waals surface area contributed by atoms with Gasteiger partial charge in [0.25, 0.3) is 5.91 Å². The van der Waals surface area contributed by atoms with Crippen LogP contribution in [0.2, 0.25) is 0 Å². The summed E-state index contributed by atoms with van der Waals surface area (Å²) in [6.45, 7) is 0.707. The predicted octanol–water partition coefficient (Wildman–Crippen LogP) is 3.94. The van der Waals surface area contributed by atoms with Crippen molar-refractivity contribution in [1.29, 1.82) is 0 Å². The molecule has 0 saturated carbocycles. The molecule has 4 aromatic rings. The lowest BCUT2D eigenvalue weighted by Crippen LogP contribution is -2.19. The van der Waals surface area contributed by atoms with Gasteiger partial charge in [0.05, 0.1) is 11.7 Å². The number of nitrogens with one attached hydrogen (secondary N) is 1. The van der Waals surface area contributed by atoms with E-state index >= 15 is 0 Å². The fourth-order valence-electron chi connectivity index (χ4n) is 3.21. The van der Waals surface area contributed by atoms with Crippen LogP contribution in [0.1, 0.15) is 16.1 Å². The molecule has 2 heterocycles. The van der Waals surface area contributed by atoms with E-state index in [-0.39, 0.29) is 5.91 Å². The molecule has 0 unspecified atom stereocenters. The van der Waals surface area contributed by atoms with Crippen LogP contribution in [0.4, 0.5) is 5.69 Å². The minimum absolute atomic E-state index is 0.204. The van der Waals surface area contributed by atoms with Crippen LogP contribution < -0.4 is 11.1 Å². The number of hydrogen-bond donors (Lipinski definition) is 2. The summed E-state index contributed by atoms with van der Waals surface area (Å²) in [5, 5.41) is 4.61. The molecule has 0 aliphatic carbocycles. The maximum Gasteiger partial charge on any atom is 0.269 e. The molecule has 130 valence electrons. The number of aromatic nitrogens is 2. The van der Waals surface area contributed by atoms with Crippen LogP contribution in [-0.2, 0) is 6.54 Å². The lowest BCUT2D eigenvalue weighted by molar-refractivity contribution is 0.0958. The van der Waals surface area contributed by atoms with Gasteiger partial charge < -0.3 is 15.6 Å². The Hall–Kier alpha value is -2.86. The van der Waals surface area contributed by atoms with E-state index in [4.69, 9.17) is 5.73 Å². The number of amides is 1. The molecule has 1 amide bonds. The molecule has 3 N–H and O–H groups in total. The Bertz CT molecular complexity index is 1130. The lowest BCUT2D eigenvalue weighted by Gasteiger charge is -2.08. The van der Waals surface area contributed by atoms with Gasteiger partial charge in [-0.3, -0.25) is 4.79 Å². The fourth-order valence-corrected chi connectivity index (χ4v) is 3.47. The zero-order chi connectivity index (χ0) is 18.3. The Balaban J connectivity index is 1.95. The van der Waals surface area contributed by atoms with E-state index in [1.54, 1.807) is 13.2 Å². The van der Waals surface area contributed by atoms with Crippen molar-refractivity contribution in [3.8, 4) is 0 Å². The summed E-state index contributed by atoms with van der Waals surface area (Å²) in [6.07, 6.45) is 1.76. The third kappa shape index (κ3) is 2.82. The van der Waals surface area contributed by atoms with Crippen molar-refractivity contribution < 1.29 is 4.79 Å². The first kappa shape index (κ1) is 16.6. The summed E-state index contributed by atoms with van der Waals surface area (Å²) < 4.78 is 3.25. The minimum Gasteiger partial charge on any atom is -0.399 e. The van der Waals surface area contributed by atoms with Gasteiger partial charge in [0, 0.05) is 40.0 Å². The zero-order valence-electron chi connectivity index (χ0n) is 14.2. The standard InChI is InChI=1S/C20H17BrN4O/c1-23-20(26)17-9-16-15-8-14(22)6-7-18(15)25(19(16)10-24-17)11-12-2-4-13(21)5-3-12/h2-10H,11,22H2,1H3,(H,23,26). The van der Waals surface area contributed by atoms with Gasteiger partial charge >= 0.3 is 0 Å². The third-order valence-corrected chi connectivity index (χ3v) is 5.02. The average molecular weight is 409 g/mol. The molecular weight excluding hydrogens is 392 g/mol. The molecule has 26 heavy (non-hydrogen) atoms. The van der Waals surface area contributed by atoms with Crippen LogP contribution in [0.5, 0.6) is 0 Å². The number of halogens is 1. The lowest BCUT2D eigenvalue weighted by atomic mass is 10.1. The number of benzene rings is 2. The van der Waals surface area contributed by atoms with E-state index < -0.39 is 0 Å². The molecule has 5 nitrogen and oxygen atoms in total. The summed E-state index contributed by atoms with van der Waals surface area (Å²) in [5.41, 5.74) is 10.3. The number of pyridine rings is 1. The molecule has 0 spiro atoms. The highest BCUT2D eigenvalue weighted by Gasteiger charge is 2.15. The van der Waals surface area contributed by atoms with E-state index in [0.29, 0.717) is 17.9 Å². The summed E-state index contributed by atoms with van der Waals surface area (Å²) >= 11 is 3.47. The highest BCUT2D eigenvalue weighted by molar-refractivity contribution is 9.10. The molecule has 0 saturated heterocycles. The smallest absolute Gasteiger partial charge is 0.269 e. The predicted molar refractivity (Wildman–Crippen MR) is 108 cm³/mol. The molecule has 0 fully saturated rings. The van der Waals surface area contributed by atoms with Crippen molar-refractivity contribution in [1.82, 2.24) is 14.9 Å². The van der Waals surface area contributed by atoms with E-state index in [0.717, 1.165) is 26.3 Å². The second-order valence-electron chi connectivity index (χ2n) is 6.16. The van der Waals surface area contributed by atoms with Crippen LogP contribution in [-0.4, -0.2) is 22.5 Å². The van der Waals surface area contributed by atoms with Gasteiger partial charge in [0.2, 0.25) is 0 Å². The Morgan fingerprint density at radius 1 is 1.12 bits per heavy atom. The second-order valence-corrected chi connectivity index (χ2v) is 7.07. The molecular formula is C20H17BrN4O. The van der Waals surface area contributed by atoms with Gasteiger partial charge in [0.15, 0.2) is 0 Å². The fraction of sp³-hybridized carbons (Fsp3) is 0.100. The number of rotatable bonds is 3. The number of carbonyl (C=O) groups excluding carboxylic acids is 1. The first-order chi connectivity index (χ1) is 12.6. The minimum atomic E-state index is -0.204. The summed E-state index contributed by atoms with van der Waals surface area (Å²) in [7, 11) is 1.60. The van der Waals surface area contributed by atoms with Crippen molar-refractivity contribution in [2.45, 2.75) is 6.54 Å². The number of nitrogens with two attached hydrogens (primary N) is 1. The number of hydrogen-bond acceptors (Lipinski definition) is 3. The molecule has 0 aliphatic rings. The van der Waals surface area contributed by atoms with Gasteiger partial charge in [-0.05, 0) is 42.0 Å². The Morgan fingerprint density at radius 2 is 1.85 bits per heavy atom. The molecule has 0 aliphatic heterocycles. The van der Waals surface area contributed by atoms with Crippen molar-refractivity contribution in [2.24, 2.45) is 0 Å². The largest absolute Gasteiger partial charge is 0.399 e. The van der Waals surface area contributed by atoms with Crippen molar-refractivity contribution in [2.75, 3.05) is 12.8 Å². The maximum atomic E-state index is 12.0. The first-order valence-corrected chi connectivity index (χ1v) is 9.00. The summed E-state index contributed by atoms with van der Waals surface area (Å²) in [6, 6.07) is 15.9. The van der Waals surface area contributed by atoms with Crippen LogP contribution >= 0.6 is 15.9 Å². The van der Waals surface area contributed by atoms with Gasteiger partial charge in [0.1, 0.15) is 5.69 Å². The van der Waals surface area contributed by atoms with Crippen molar-refractivity contribution in [3.63, 3.8) is 0 Å². The maximum absolute atomic E-state index is 12.0.